The zero-order valence-electron chi connectivity index (χ0n) is 11.8. The van der Waals surface area contributed by atoms with Crippen molar-refractivity contribution in [3.63, 3.8) is 0 Å². The molecule has 2 atom stereocenters. The van der Waals surface area contributed by atoms with Gasteiger partial charge >= 0.3 is 5.97 Å². The lowest BCUT2D eigenvalue weighted by Gasteiger charge is -2.39. The fourth-order valence-corrected chi connectivity index (χ4v) is 3.43. The number of carbonyl (C=O) groups is 1. The molecule has 1 heterocycles. The molecule has 104 valence electrons. The molecule has 0 aliphatic carbocycles. The maximum atomic E-state index is 11.8. The van der Waals surface area contributed by atoms with E-state index in [-0.39, 0.29) is 6.04 Å². The summed E-state index contributed by atoms with van der Waals surface area (Å²) >= 11 is 0. The molecule has 0 amide bonds. The van der Waals surface area contributed by atoms with Crippen LogP contribution in [0.15, 0.2) is 30.3 Å². The zero-order valence-corrected chi connectivity index (χ0v) is 11.8. The van der Waals surface area contributed by atoms with Crippen molar-refractivity contribution in [1.82, 2.24) is 4.90 Å². The van der Waals surface area contributed by atoms with Gasteiger partial charge in [0.2, 0.25) is 0 Å². The highest BCUT2D eigenvalue weighted by Crippen LogP contribution is 2.40. The van der Waals surface area contributed by atoms with E-state index in [0.29, 0.717) is 6.42 Å². The minimum atomic E-state index is -0.670. The molecule has 2 rings (SSSR count). The molecule has 1 aliphatic rings. The molecule has 3 heteroatoms. The highest BCUT2D eigenvalue weighted by atomic mass is 16.4. The van der Waals surface area contributed by atoms with Gasteiger partial charge in [0, 0.05) is 6.04 Å². The van der Waals surface area contributed by atoms with Gasteiger partial charge in [-0.15, -0.1) is 0 Å². The topological polar surface area (TPSA) is 40.5 Å². The summed E-state index contributed by atoms with van der Waals surface area (Å²) in [5.41, 5.74) is 0.558. The molecule has 0 bridgehead atoms. The van der Waals surface area contributed by atoms with E-state index < -0.39 is 11.5 Å². The van der Waals surface area contributed by atoms with Crippen LogP contribution in [0.2, 0.25) is 0 Å². The summed E-state index contributed by atoms with van der Waals surface area (Å²) in [4.78, 5) is 14.0. The fraction of sp³-hybridized carbons (Fsp3) is 0.562. The number of hydrogen-bond acceptors (Lipinski definition) is 2. The van der Waals surface area contributed by atoms with Gasteiger partial charge in [0.15, 0.2) is 0 Å². The number of carboxylic acid groups (broad SMARTS) is 1. The van der Waals surface area contributed by atoms with Gasteiger partial charge in [-0.1, -0.05) is 44.2 Å². The lowest BCUT2D eigenvalue weighted by molar-refractivity contribution is -0.151. The van der Waals surface area contributed by atoms with Gasteiger partial charge in [0.25, 0.3) is 0 Å². The minimum absolute atomic E-state index is 0.208. The summed E-state index contributed by atoms with van der Waals surface area (Å²) in [6.45, 7) is 5.01. The van der Waals surface area contributed by atoms with E-state index in [9.17, 15) is 9.90 Å². The molecule has 0 aromatic heterocycles. The van der Waals surface area contributed by atoms with E-state index >= 15 is 0 Å². The zero-order chi connectivity index (χ0) is 13.9. The molecule has 1 saturated heterocycles. The Labute approximate surface area is 115 Å². The van der Waals surface area contributed by atoms with Gasteiger partial charge < -0.3 is 5.11 Å². The van der Waals surface area contributed by atoms with Crippen LogP contribution >= 0.6 is 0 Å². The highest BCUT2D eigenvalue weighted by molar-refractivity contribution is 5.79. The molecule has 1 aliphatic heterocycles. The summed E-state index contributed by atoms with van der Waals surface area (Å²) < 4.78 is 0. The standard InChI is InChI=1S/C16H23NO2/c1-3-14(13-9-6-5-7-10-13)17-12-8-11-16(17,4-2)15(18)19/h5-7,9-10,14H,3-4,8,11-12H2,1-2H3,(H,18,19). The van der Waals surface area contributed by atoms with Crippen LogP contribution in [-0.4, -0.2) is 28.1 Å². The number of likely N-dealkylation sites (tertiary alicyclic amines) is 1. The van der Waals surface area contributed by atoms with Crippen LogP contribution in [0.25, 0.3) is 0 Å². The quantitative estimate of drug-likeness (QED) is 0.882. The Morgan fingerprint density at radius 3 is 2.58 bits per heavy atom. The molecular weight excluding hydrogens is 238 g/mol. The van der Waals surface area contributed by atoms with Gasteiger partial charge in [-0.05, 0) is 37.8 Å². The second-order valence-electron chi connectivity index (χ2n) is 5.32. The molecule has 3 nitrogen and oxygen atoms in total. The average molecular weight is 261 g/mol. The van der Waals surface area contributed by atoms with Crippen molar-refractivity contribution in [2.45, 2.75) is 51.1 Å². The molecule has 0 radical (unpaired) electrons. The second kappa shape index (κ2) is 5.74. The third-order valence-electron chi connectivity index (χ3n) is 4.47. The molecule has 2 unspecified atom stereocenters. The first-order valence-corrected chi connectivity index (χ1v) is 7.20. The second-order valence-corrected chi connectivity index (χ2v) is 5.32. The normalized spacial score (nSPS) is 25.4. The Bertz CT molecular complexity index is 432. The molecule has 1 aromatic rings. The highest BCUT2D eigenvalue weighted by Gasteiger charge is 2.48. The van der Waals surface area contributed by atoms with Gasteiger partial charge in [-0.2, -0.15) is 0 Å². The van der Waals surface area contributed by atoms with Crippen molar-refractivity contribution >= 4 is 5.97 Å². The predicted molar refractivity (Wildman–Crippen MR) is 76.1 cm³/mol. The van der Waals surface area contributed by atoms with Crippen LogP contribution in [0, 0.1) is 0 Å². The van der Waals surface area contributed by atoms with E-state index in [1.54, 1.807) is 0 Å². The number of rotatable bonds is 5. The van der Waals surface area contributed by atoms with Gasteiger partial charge in [-0.25, -0.2) is 0 Å². The first-order valence-electron chi connectivity index (χ1n) is 7.20. The van der Waals surface area contributed by atoms with Crippen LogP contribution in [0.3, 0.4) is 0 Å². The Balaban J connectivity index is 2.35. The number of benzene rings is 1. The summed E-state index contributed by atoms with van der Waals surface area (Å²) in [5.74, 6) is -0.665. The SMILES string of the molecule is CCC(c1ccccc1)N1CCCC1(CC)C(=O)O. The average Bonchev–Trinajstić information content (AvgIpc) is 2.86. The Morgan fingerprint density at radius 2 is 2.05 bits per heavy atom. The monoisotopic (exact) mass is 261 g/mol. The van der Waals surface area contributed by atoms with Crippen molar-refractivity contribution in [1.29, 1.82) is 0 Å². The van der Waals surface area contributed by atoms with Gasteiger partial charge in [0.05, 0.1) is 0 Å². The van der Waals surface area contributed by atoms with E-state index in [4.69, 9.17) is 0 Å². The minimum Gasteiger partial charge on any atom is -0.480 e. The maximum Gasteiger partial charge on any atom is 0.324 e. The molecule has 0 spiro atoms. The Hall–Kier alpha value is -1.35. The van der Waals surface area contributed by atoms with Crippen molar-refractivity contribution in [2.24, 2.45) is 0 Å². The molecule has 1 aromatic carbocycles. The van der Waals surface area contributed by atoms with Crippen LogP contribution < -0.4 is 0 Å². The van der Waals surface area contributed by atoms with E-state index in [1.807, 2.05) is 25.1 Å². The lowest BCUT2D eigenvalue weighted by atomic mass is 9.90. The summed E-state index contributed by atoms with van der Waals surface area (Å²) in [6, 6.07) is 10.5. The lowest BCUT2D eigenvalue weighted by Crippen LogP contribution is -2.51. The molecule has 19 heavy (non-hydrogen) atoms. The van der Waals surface area contributed by atoms with Gasteiger partial charge in [-0.3, -0.25) is 9.69 Å². The maximum absolute atomic E-state index is 11.8. The van der Waals surface area contributed by atoms with Crippen molar-refractivity contribution in [2.75, 3.05) is 6.54 Å². The van der Waals surface area contributed by atoms with Crippen LogP contribution in [0.5, 0.6) is 0 Å². The number of hydrogen-bond donors (Lipinski definition) is 1. The number of carboxylic acids is 1. The third kappa shape index (κ3) is 2.39. The van der Waals surface area contributed by atoms with Crippen molar-refractivity contribution < 1.29 is 9.90 Å². The van der Waals surface area contributed by atoms with Crippen LogP contribution in [0.1, 0.15) is 51.1 Å². The van der Waals surface area contributed by atoms with Gasteiger partial charge in [0.1, 0.15) is 5.54 Å². The fourth-order valence-electron chi connectivity index (χ4n) is 3.43. The van der Waals surface area contributed by atoms with Crippen LogP contribution in [-0.2, 0) is 4.79 Å². The largest absolute Gasteiger partial charge is 0.480 e. The molecule has 1 N–H and O–H groups in total. The molecule has 1 fully saturated rings. The summed E-state index contributed by atoms with van der Waals surface area (Å²) in [7, 11) is 0. The Morgan fingerprint density at radius 1 is 1.37 bits per heavy atom. The van der Waals surface area contributed by atoms with Crippen molar-refractivity contribution in [3.05, 3.63) is 35.9 Å². The van der Waals surface area contributed by atoms with E-state index in [1.165, 1.54) is 5.56 Å². The van der Waals surface area contributed by atoms with E-state index in [2.05, 4.69) is 24.0 Å². The van der Waals surface area contributed by atoms with Crippen LogP contribution in [0.4, 0.5) is 0 Å². The molecular formula is C16H23NO2. The smallest absolute Gasteiger partial charge is 0.324 e. The number of aliphatic carboxylic acids is 1. The first-order chi connectivity index (χ1) is 9.15. The summed E-state index contributed by atoms with van der Waals surface area (Å²) in [5, 5.41) is 9.68. The third-order valence-corrected chi connectivity index (χ3v) is 4.47. The summed E-state index contributed by atoms with van der Waals surface area (Å²) in [6.07, 6.45) is 3.36. The first kappa shape index (κ1) is 14.1. The predicted octanol–water partition coefficient (Wildman–Crippen LogP) is 3.47. The van der Waals surface area contributed by atoms with Crippen molar-refractivity contribution in [3.8, 4) is 0 Å². The van der Waals surface area contributed by atoms with E-state index in [0.717, 1.165) is 25.8 Å². The molecule has 0 saturated carbocycles. The Kier molecular flexibility index (Phi) is 4.25. The number of nitrogens with zero attached hydrogens (tertiary/aromatic N) is 1.